The van der Waals surface area contributed by atoms with Crippen molar-refractivity contribution in [1.82, 2.24) is 30.2 Å². The average Bonchev–Trinajstić information content (AvgIpc) is 3.43. The van der Waals surface area contributed by atoms with E-state index in [1.165, 1.54) is 12.1 Å². The molecule has 4 heterocycles. The number of hydrogen-bond acceptors (Lipinski definition) is 9. The number of halogens is 1. The summed E-state index contributed by atoms with van der Waals surface area (Å²) in [5.41, 5.74) is 2.36. The molecule has 1 saturated heterocycles. The first-order valence-corrected chi connectivity index (χ1v) is 12.8. The standard InChI is InChI=1S/C28H30FN7O4/c1-28(26(37)31-13-14-38-2)16-39-25(40-17-28)24-35-22(18-6-8-19(29)9-7-18)23(36-24)21-10-12-32-27(34-21)33-15-20-5-3-4-11-30-20/h3-12,25H,13-17H2,1-2H3,(H,31,37)(H,35,36)(H,32,33,34). The number of amides is 1. The number of benzene rings is 1. The Hall–Kier alpha value is -4.26. The number of aromatic amines is 1. The summed E-state index contributed by atoms with van der Waals surface area (Å²) < 4.78 is 30.6. The zero-order valence-electron chi connectivity index (χ0n) is 22.2. The van der Waals surface area contributed by atoms with Crippen molar-refractivity contribution in [3.8, 4) is 22.6 Å². The number of nitrogens with one attached hydrogen (secondary N) is 3. The van der Waals surface area contributed by atoms with Gasteiger partial charge in [-0.05, 0) is 49.4 Å². The second-order valence-electron chi connectivity index (χ2n) is 9.56. The van der Waals surface area contributed by atoms with Crippen molar-refractivity contribution in [3.63, 3.8) is 0 Å². The van der Waals surface area contributed by atoms with Gasteiger partial charge in [-0.3, -0.25) is 9.78 Å². The Kier molecular flexibility index (Phi) is 8.39. The van der Waals surface area contributed by atoms with Gasteiger partial charge < -0.3 is 29.8 Å². The summed E-state index contributed by atoms with van der Waals surface area (Å²) in [6, 6.07) is 13.4. The van der Waals surface area contributed by atoms with Crippen molar-refractivity contribution >= 4 is 11.9 Å². The van der Waals surface area contributed by atoms with Gasteiger partial charge in [0.05, 0.1) is 54.6 Å². The molecule has 0 bridgehead atoms. The number of imidazole rings is 1. The first-order valence-electron chi connectivity index (χ1n) is 12.8. The number of hydrogen-bond donors (Lipinski definition) is 3. The molecule has 1 amide bonds. The van der Waals surface area contributed by atoms with Crippen molar-refractivity contribution in [1.29, 1.82) is 0 Å². The third kappa shape index (κ3) is 6.30. The van der Waals surface area contributed by atoms with E-state index in [9.17, 15) is 9.18 Å². The van der Waals surface area contributed by atoms with Gasteiger partial charge in [0.15, 0.2) is 5.82 Å². The molecule has 0 spiro atoms. The summed E-state index contributed by atoms with van der Waals surface area (Å²) in [6.45, 7) is 3.31. The molecule has 12 heteroatoms. The molecule has 3 aromatic heterocycles. The van der Waals surface area contributed by atoms with Crippen LogP contribution < -0.4 is 10.6 Å². The molecule has 5 rings (SSSR count). The molecule has 0 atom stereocenters. The molecule has 208 valence electrons. The van der Waals surface area contributed by atoms with Crippen LogP contribution in [-0.2, 0) is 25.5 Å². The van der Waals surface area contributed by atoms with E-state index in [1.807, 2.05) is 18.2 Å². The smallest absolute Gasteiger partial charge is 0.230 e. The molecule has 1 aliphatic rings. The minimum absolute atomic E-state index is 0.132. The Morgan fingerprint density at radius 2 is 1.90 bits per heavy atom. The van der Waals surface area contributed by atoms with E-state index in [4.69, 9.17) is 19.2 Å². The molecule has 40 heavy (non-hydrogen) atoms. The maximum absolute atomic E-state index is 13.7. The van der Waals surface area contributed by atoms with E-state index in [1.54, 1.807) is 44.6 Å². The van der Waals surface area contributed by atoms with Gasteiger partial charge in [-0.25, -0.2) is 19.3 Å². The third-order valence-electron chi connectivity index (χ3n) is 6.38. The number of pyridine rings is 1. The monoisotopic (exact) mass is 547 g/mol. The van der Waals surface area contributed by atoms with Crippen molar-refractivity contribution in [2.75, 3.05) is 38.8 Å². The zero-order valence-corrected chi connectivity index (χ0v) is 22.2. The Morgan fingerprint density at radius 3 is 2.62 bits per heavy atom. The van der Waals surface area contributed by atoms with Crippen LogP contribution in [-0.4, -0.2) is 64.3 Å². The molecule has 0 saturated carbocycles. The van der Waals surface area contributed by atoms with E-state index in [0.717, 1.165) is 5.69 Å². The first kappa shape index (κ1) is 27.3. The van der Waals surface area contributed by atoms with Crippen LogP contribution in [0.25, 0.3) is 22.6 Å². The molecular weight excluding hydrogens is 517 g/mol. The van der Waals surface area contributed by atoms with Crippen LogP contribution in [0.2, 0.25) is 0 Å². The molecule has 1 aromatic carbocycles. The van der Waals surface area contributed by atoms with Gasteiger partial charge in [0.2, 0.25) is 18.1 Å². The van der Waals surface area contributed by atoms with Crippen LogP contribution in [0.5, 0.6) is 0 Å². The van der Waals surface area contributed by atoms with Gasteiger partial charge in [-0.15, -0.1) is 0 Å². The lowest BCUT2D eigenvalue weighted by Crippen LogP contribution is -2.49. The fourth-order valence-corrected chi connectivity index (χ4v) is 4.14. The van der Waals surface area contributed by atoms with Gasteiger partial charge in [0, 0.05) is 31.6 Å². The minimum atomic E-state index is -0.861. The number of carbonyl (C=O) groups excluding carboxylic acids is 1. The zero-order chi connectivity index (χ0) is 28.0. The minimum Gasteiger partial charge on any atom is -0.383 e. The molecular formula is C28H30FN7O4. The molecule has 3 N–H and O–H groups in total. The van der Waals surface area contributed by atoms with E-state index >= 15 is 0 Å². The van der Waals surface area contributed by atoms with E-state index in [2.05, 4.69) is 30.6 Å². The Morgan fingerprint density at radius 1 is 1.10 bits per heavy atom. The summed E-state index contributed by atoms with van der Waals surface area (Å²) in [4.78, 5) is 34.0. The Labute approximate surface area is 230 Å². The molecule has 1 aliphatic heterocycles. The quantitative estimate of drug-likeness (QED) is 0.255. The average molecular weight is 548 g/mol. The molecule has 11 nitrogen and oxygen atoms in total. The van der Waals surface area contributed by atoms with Crippen LogP contribution in [0, 0.1) is 11.2 Å². The number of H-pyrrole nitrogens is 1. The van der Waals surface area contributed by atoms with Crippen molar-refractivity contribution < 1.29 is 23.4 Å². The molecule has 1 fully saturated rings. The number of nitrogens with zero attached hydrogens (tertiary/aromatic N) is 4. The van der Waals surface area contributed by atoms with E-state index in [-0.39, 0.29) is 24.9 Å². The lowest BCUT2D eigenvalue weighted by Gasteiger charge is -2.35. The summed E-state index contributed by atoms with van der Waals surface area (Å²) in [7, 11) is 1.57. The van der Waals surface area contributed by atoms with Gasteiger partial charge in [0.25, 0.3) is 0 Å². The predicted molar refractivity (Wildman–Crippen MR) is 144 cm³/mol. The van der Waals surface area contributed by atoms with Crippen LogP contribution in [0.3, 0.4) is 0 Å². The largest absolute Gasteiger partial charge is 0.383 e. The highest BCUT2D eigenvalue weighted by molar-refractivity contribution is 5.82. The lowest BCUT2D eigenvalue weighted by atomic mass is 9.91. The summed E-state index contributed by atoms with van der Waals surface area (Å²) in [6.07, 6.45) is 2.52. The highest BCUT2D eigenvalue weighted by atomic mass is 19.1. The fraction of sp³-hybridized carbons (Fsp3) is 0.321. The number of ether oxygens (including phenoxy) is 3. The normalized spacial score (nSPS) is 18.8. The summed E-state index contributed by atoms with van der Waals surface area (Å²) in [5, 5.41) is 6.02. The Bertz CT molecular complexity index is 1420. The number of anilines is 1. The second kappa shape index (κ2) is 12.3. The molecule has 0 aliphatic carbocycles. The maximum atomic E-state index is 13.7. The number of methoxy groups -OCH3 is 1. The highest BCUT2D eigenvalue weighted by Crippen LogP contribution is 2.35. The van der Waals surface area contributed by atoms with Gasteiger partial charge in [0.1, 0.15) is 5.82 Å². The maximum Gasteiger partial charge on any atom is 0.230 e. The van der Waals surface area contributed by atoms with Crippen molar-refractivity contribution in [2.45, 2.75) is 19.8 Å². The summed E-state index contributed by atoms with van der Waals surface area (Å²) in [5.74, 6) is 0.274. The fourth-order valence-electron chi connectivity index (χ4n) is 4.14. The van der Waals surface area contributed by atoms with Crippen LogP contribution in [0.4, 0.5) is 10.3 Å². The third-order valence-corrected chi connectivity index (χ3v) is 6.38. The van der Waals surface area contributed by atoms with Gasteiger partial charge in [-0.2, -0.15) is 0 Å². The van der Waals surface area contributed by atoms with Gasteiger partial charge >= 0.3 is 0 Å². The Balaban J connectivity index is 1.38. The highest BCUT2D eigenvalue weighted by Gasteiger charge is 2.40. The molecule has 0 radical (unpaired) electrons. The number of aromatic nitrogens is 5. The van der Waals surface area contributed by atoms with E-state index < -0.39 is 11.7 Å². The first-order chi connectivity index (χ1) is 19.4. The number of carbonyl (C=O) groups is 1. The topological polar surface area (TPSA) is 136 Å². The predicted octanol–water partition coefficient (Wildman–Crippen LogP) is 3.49. The second-order valence-corrected chi connectivity index (χ2v) is 9.56. The summed E-state index contributed by atoms with van der Waals surface area (Å²) >= 11 is 0. The SMILES string of the molecule is COCCNC(=O)C1(C)COC(c2nc(-c3ccc(F)cc3)c(-c3ccnc(NCc4ccccn4)n3)[nH]2)OC1. The lowest BCUT2D eigenvalue weighted by molar-refractivity contribution is -0.231. The van der Waals surface area contributed by atoms with Crippen molar-refractivity contribution in [3.05, 3.63) is 78.3 Å². The van der Waals surface area contributed by atoms with Crippen LogP contribution in [0.15, 0.2) is 60.9 Å². The molecule has 4 aromatic rings. The molecule has 0 unspecified atom stereocenters. The van der Waals surface area contributed by atoms with Crippen LogP contribution >= 0.6 is 0 Å². The number of rotatable bonds is 10. The van der Waals surface area contributed by atoms with Crippen molar-refractivity contribution in [2.24, 2.45) is 5.41 Å². The van der Waals surface area contributed by atoms with Crippen LogP contribution in [0.1, 0.15) is 24.7 Å². The van der Waals surface area contributed by atoms with E-state index in [0.29, 0.717) is 54.1 Å². The van der Waals surface area contributed by atoms with Gasteiger partial charge in [-0.1, -0.05) is 6.07 Å².